The Morgan fingerprint density at radius 2 is 1.94 bits per heavy atom. The van der Waals surface area contributed by atoms with Crippen LogP contribution in [0.15, 0.2) is 10.9 Å². The highest BCUT2D eigenvalue weighted by Gasteiger charge is 2.38. The molecule has 0 bridgehead atoms. The van der Waals surface area contributed by atoms with Crippen molar-refractivity contribution < 1.29 is 22.0 Å². The fraction of sp³-hybridized carbons (Fsp3) is 0.375. The summed E-state index contributed by atoms with van der Waals surface area (Å²) in [4.78, 5) is 12.2. The normalized spacial score (nSPS) is 12.2. The molecule has 1 aromatic heterocycles. The molecule has 1 N–H and O–H groups in total. The zero-order chi connectivity index (χ0) is 12.5. The summed E-state index contributed by atoms with van der Waals surface area (Å²) in [6, 6.07) is 0.629. The first-order valence-electron chi connectivity index (χ1n) is 3.94. The van der Waals surface area contributed by atoms with Crippen LogP contribution in [-0.2, 0) is 12.1 Å². The predicted octanol–water partition coefficient (Wildman–Crippen LogP) is 3.07. The van der Waals surface area contributed by atoms with Gasteiger partial charge in [-0.15, -0.1) is 11.6 Å². The molecular weight excluding hydrogens is 257 g/mol. The van der Waals surface area contributed by atoms with Gasteiger partial charge in [0, 0.05) is 11.9 Å². The molecule has 0 saturated heterocycles. The third-order valence-corrected chi connectivity index (χ3v) is 2.10. The van der Waals surface area contributed by atoms with E-state index in [1.54, 1.807) is 0 Å². The molecule has 0 aliphatic rings. The van der Waals surface area contributed by atoms with Gasteiger partial charge in [-0.1, -0.05) is 0 Å². The molecule has 0 saturated carbocycles. The van der Waals surface area contributed by atoms with Crippen LogP contribution in [0.5, 0.6) is 0 Å². The van der Waals surface area contributed by atoms with Gasteiger partial charge in [0.25, 0.3) is 6.43 Å². The SMILES string of the molecule is O=c1cc(CCl)c(C(F)F)c(C(F)(F)F)[nH]1. The van der Waals surface area contributed by atoms with Gasteiger partial charge in [-0.05, 0) is 5.56 Å². The van der Waals surface area contributed by atoms with Gasteiger partial charge in [0.1, 0.15) is 5.69 Å². The Hall–Kier alpha value is -1.11. The summed E-state index contributed by atoms with van der Waals surface area (Å²) in [6.07, 6.45) is -8.41. The molecule has 16 heavy (non-hydrogen) atoms. The van der Waals surface area contributed by atoms with Gasteiger partial charge in [0.05, 0.1) is 5.56 Å². The third kappa shape index (κ3) is 2.52. The molecule has 0 atom stereocenters. The molecule has 0 aliphatic heterocycles. The van der Waals surface area contributed by atoms with Crippen LogP contribution >= 0.6 is 11.6 Å². The van der Waals surface area contributed by atoms with E-state index in [9.17, 15) is 26.7 Å². The smallest absolute Gasteiger partial charge is 0.318 e. The van der Waals surface area contributed by atoms with Crippen molar-refractivity contribution in [1.82, 2.24) is 4.98 Å². The number of halogens is 6. The van der Waals surface area contributed by atoms with E-state index in [-0.39, 0.29) is 0 Å². The molecule has 0 fully saturated rings. The molecule has 1 rings (SSSR count). The van der Waals surface area contributed by atoms with Crippen LogP contribution in [0.3, 0.4) is 0 Å². The second kappa shape index (κ2) is 4.40. The fourth-order valence-corrected chi connectivity index (χ4v) is 1.43. The molecule has 0 radical (unpaired) electrons. The second-order valence-electron chi connectivity index (χ2n) is 2.88. The first-order valence-corrected chi connectivity index (χ1v) is 4.48. The molecule has 0 aromatic carbocycles. The minimum atomic E-state index is -5.05. The Kier molecular flexibility index (Phi) is 3.57. The van der Waals surface area contributed by atoms with Crippen LogP contribution < -0.4 is 5.56 Å². The first kappa shape index (κ1) is 13.0. The summed E-state index contributed by atoms with van der Waals surface area (Å²) >= 11 is 5.22. The van der Waals surface area contributed by atoms with E-state index < -0.39 is 40.9 Å². The van der Waals surface area contributed by atoms with E-state index in [0.29, 0.717) is 6.07 Å². The van der Waals surface area contributed by atoms with Crippen LogP contribution in [-0.4, -0.2) is 4.98 Å². The minimum Gasteiger partial charge on any atom is -0.318 e. The van der Waals surface area contributed by atoms with Crippen molar-refractivity contribution in [3.63, 3.8) is 0 Å². The van der Waals surface area contributed by atoms with Gasteiger partial charge < -0.3 is 4.98 Å². The Morgan fingerprint density at radius 1 is 1.38 bits per heavy atom. The minimum absolute atomic E-state index is 0.521. The lowest BCUT2D eigenvalue weighted by molar-refractivity contribution is -0.143. The molecular formula is C8H5ClF5NO. The molecule has 0 unspecified atom stereocenters. The van der Waals surface area contributed by atoms with E-state index in [4.69, 9.17) is 11.6 Å². The number of pyridine rings is 1. The van der Waals surface area contributed by atoms with Crippen molar-refractivity contribution in [1.29, 1.82) is 0 Å². The summed E-state index contributed by atoms with van der Waals surface area (Å²) in [5.41, 5.74) is -4.66. The van der Waals surface area contributed by atoms with Gasteiger partial charge >= 0.3 is 6.18 Å². The van der Waals surface area contributed by atoms with Crippen molar-refractivity contribution in [3.8, 4) is 0 Å². The lowest BCUT2D eigenvalue weighted by Gasteiger charge is -2.14. The van der Waals surface area contributed by atoms with Crippen LogP contribution in [0, 0.1) is 0 Å². The van der Waals surface area contributed by atoms with Crippen LogP contribution in [0.1, 0.15) is 23.2 Å². The molecule has 8 heteroatoms. The first-order chi connectivity index (χ1) is 7.27. The lowest BCUT2D eigenvalue weighted by atomic mass is 10.1. The number of aromatic amines is 1. The quantitative estimate of drug-likeness (QED) is 0.644. The standard InChI is InChI=1S/C8H5ClF5NO/c9-2-3-1-4(16)15-6(8(12,13)14)5(3)7(10)11/h1,7H,2H2,(H,15,16). The highest BCUT2D eigenvalue weighted by atomic mass is 35.5. The molecule has 0 spiro atoms. The summed E-state index contributed by atoms with van der Waals surface area (Å²) in [5.74, 6) is -0.591. The lowest BCUT2D eigenvalue weighted by Crippen LogP contribution is -2.21. The molecule has 0 amide bonds. The van der Waals surface area contributed by atoms with Gasteiger partial charge in [-0.25, -0.2) is 8.78 Å². The Balaban J connectivity index is 3.58. The zero-order valence-corrected chi connectivity index (χ0v) is 8.29. The molecule has 1 heterocycles. The average Bonchev–Trinajstić information content (AvgIpc) is 2.14. The number of alkyl halides is 6. The van der Waals surface area contributed by atoms with Crippen molar-refractivity contribution in [2.75, 3.05) is 0 Å². The van der Waals surface area contributed by atoms with Crippen molar-refractivity contribution in [2.24, 2.45) is 0 Å². The molecule has 1 aromatic rings. The monoisotopic (exact) mass is 261 g/mol. The maximum absolute atomic E-state index is 12.5. The number of rotatable bonds is 2. The van der Waals surface area contributed by atoms with Crippen LogP contribution in [0.2, 0.25) is 0 Å². The molecule has 90 valence electrons. The summed E-state index contributed by atoms with van der Waals surface area (Å²) in [6.45, 7) is 0. The Labute approximate surface area is 91.0 Å². The van der Waals surface area contributed by atoms with Crippen molar-refractivity contribution >= 4 is 11.6 Å². The van der Waals surface area contributed by atoms with Gasteiger partial charge in [0.15, 0.2) is 0 Å². The van der Waals surface area contributed by atoms with Crippen LogP contribution in [0.25, 0.3) is 0 Å². The fourth-order valence-electron chi connectivity index (χ4n) is 1.21. The van der Waals surface area contributed by atoms with E-state index >= 15 is 0 Å². The molecule has 2 nitrogen and oxygen atoms in total. The zero-order valence-electron chi connectivity index (χ0n) is 7.54. The van der Waals surface area contributed by atoms with Crippen molar-refractivity contribution in [3.05, 3.63) is 33.2 Å². The highest BCUT2D eigenvalue weighted by molar-refractivity contribution is 6.17. The summed E-state index contributed by atoms with van der Waals surface area (Å²) < 4.78 is 62.0. The topological polar surface area (TPSA) is 32.9 Å². The predicted molar refractivity (Wildman–Crippen MR) is 46.6 cm³/mol. The van der Waals surface area contributed by atoms with Gasteiger partial charge in [0.2, 0.25) is 5.56 Å². The number of aromatic nitrogens is 1. The highest BCUT2D eigenvalue weighted by Crippen LogP contribution is 2.36. The van der Waals surface area contributed by atoms with E-state index in [2.05, 4.69) is 0 Å². The Morgan fingerprint density at radius 3 is 2.31 bits per heavy atom. The van der Waals surface area contributed by atoms with Gasteiger partial charge in [-0.2, -0.15) is 13.2 Å². The maximum atomic E-state index is 12.5. The number of hydrogen-bond acceptors (Lipinski definition) is 1. The second-order valence-corrected chi connectivity index (χ2v) is 3.15. The van der Waals surface area contributed by atoms with E-state index in [1.165, 1.54) is 4.98 Å². The number of hydrogen-bond donors (Lipinski definition) is 1. The average molecular weight is 262 g/mol. The third-order valence-electron chi connectivity index (χ3n) is 1.81. The maximum Gasteiger partial charge on any atom is 0.431 e. The van der Waals surface area contributed by atoms with Gasteiger partial charge in [-0.3, -0.25) is 4.79 Å². The van der Waals surface area contributed by atoms with E-state index in [0.717, 1.165) is 0 Å². The summed E-state index contributed by atoms with van der Waals surface area (Å²) in [5, 5.41) is 0. The Bertz CT molecular complexity index is 439. The summed E-state index contributed by atoms with van der Waals surface area (Å²) in [7, 11) is 0. The molecule has 0 aliphatic carbocycles. The number of H-pyrrole nitrogens is 1. The number of nitrogens with one attached hydrogen (secondary N) is 1. The van der Waals surface area contributed by atoms with Crippen LogP contribution in [0.4, 0.5) is 22.0 Å². The largest absolute Gasteiger partial charge is 0.431 e. The van der Waals surface area contributed by atoms with E-state index in [1.807, 2.05) is 0 Å². The van der Waals surface area contributed by atoms with Crippen molar-refractivity contribution in [2.45, 2.75) is 18.5 Å².